The second-order valence-corrected chi connectivity index (χ2v) is 37.4. The first-order chi connectivity index (χ1) is 40.5. The van der Waals surface area contributed by atoms with Crippen molar-refractivity contribution in [3.8, 4) is 50.6 Å². The molecule has 0 fully saturated rings. The van der Waals surface area contributed by atoms with Crippen LogP contribution >= 0.6 is 74.5 Å². The van der Waals surface area contributed by atoms with Gasteiger partial charge in [0, 0.05) is 75.0 Å². The van der Waals surface area contributed by atoms with Crippen LogP contribution < -0.4 is 24.3 Å². The third-order valence-corrected chi connectivity index (χ3v) is 14.6. The maximum absolute atomic E-state index is 9.44. The molecule has 0 unspecified atom stereocenters. The van der Waals surface area contributed by atoms with Crippen LogP contribution in [0.1, 0.15) is 104 Å². The number of nitrogens with one attached hydrogen (secondary N) is 1. The van der Waals surface area contributed by atoms with Gasteiger partial charge < -0.3 is 11.1 Å². The van der Waals surface area contributed by atoms with Crippen LogP contribution in [-0.2, 0) is 26.1 Å². The summed E-state index contributed by atoms with van der Waals surface area (Å²) < 4.78 is 0. The van der Waals surface area contributed by atoms with Crippen LogP contribution in [-0.4, -0.2) is 23.0 Å². The van der Waals surface area contributed by atoms with E-state index < -0.39 is 0 Å². The zero-order valence-corrected chi connectivity index (χ0v) is 60.8. The van der Waals surface area contributed by atoms with Crippen molar-refractivity contribution < 1.29 is 13.3 Å². The van der Waals surface area contributed by atoms with Crippen molar-refractivity contribution in [2.45, 2.75) is 121 Å². The summed E-state index contributed by atoms with van der Waals surface area (Å²) in [5.74, 6) is 1.79. The first-order valence-corrected chi connectivity index (χ1v) is 46.9. The van der Waals surface area contributed by atoms with Gasteiger partial charge in [0.25, 0.3) is 0 Å². The van der Waals surface area contributed by atoms with Crippen LogP contribution in [0.25, 0.3) is 59.0 Å². The van der Waals surface area contributed by atoms with Crippen molar-refractivity contribution >= 4 is 91.5 Å². The van der Waals surface area contributed by atoms with Crippen LogP contribution in [0.2, 0.25) is 0 Å². The van der Waals surface area contributed by atoms with Gasteiger partial charge in [-0.05, 0) is 118 Å². The summed E-state index contributed by atoms with van der Waals surface area (Å²) >= 11 is 9.54. The number of nitriles is 1. The normalized spacial score (nSPS) is 11.2. The van der Waals surface area contributed by atoms with Crippen molar-refractivity contribution in [1.29, 1.82) is 5.26 Å². The number of nitrogens with two attached hydrogens (primary N) is 1. The van der Waals surface area contributed by atoms with E-state index in [4.69, 9.17) is 25.5 Å². The third kappa shape index (κ3) is 26.2. The largest absolute Gasteiger partial charge is 0.310 e. The molecule has 8 rings (SSSR count). The second-order valence-electron chi connectivity index (χ2n) is 21.1. The smallest absolute Gasteiger partial charge is 0.194 e. The van der Waals surface area contributed by atoms with Crippen LogP contribution in [0.3, 0.4) is 0 Å². The summed E-state index contributed by atoms with van der Waals surface area (Å²) in [6.45, 7) is 46.3. The quantitative estimate of drug-likeness (QED) is 0.0746. The van der Waals surface area contributed by atoms with Crippen LogP contribution in [0.15, 0.2) is 194 Å². The average molecular weight is 1690 g/mol. The monoisotopic (exact) mass is 1690 g/mol. The van der Waals surface area contributed by atoms with E-state index in [1.165, 1.54) is 22.3 Å². The number of hydrogen-bond acceptors (Lipinski definition) is 4. The zero-order valence-electron chi connectivity index (χ0n) is 50.0. The maximum atomic E-state index is 9.44. The van der Waals surface area contributed by atoms with E-state index in [-0.39, 0.29) is 7.43 Å². The molecule has 0 spiro atoms. The fourth-order valence-corrected chi connectivity index (χ4v) is 8.33. The molecule has 0 aliphatic heterocycles. The Kier molecular flexibility index (Phi) is 38.6. The number of halogens is 5. The Morgan fingerprint density at radius 2 is 0.788 bits per heavy atom. The molecule has 8 aromatic rings. The Morgan fingerprint density at radius 1 is 0.482 bits per heavy atom. The molecular formula is C73H83I5N7-. The number of aryl methyl sites for hydroxylation is 1. The Bertz CT molecular complexity index is 3220. The molecule has 0 saturated carbocycles. The number of rotatable bonds is 16. The standard InChI is InChI=1S/C33H31N3.C19H22N2.C15H13N.C5H13N.CH4.I3.I2/c1-24(2)25(3)36(22-26-13-17-28(18-14-26)31-10-6-5-9-30(31)21-34)23-27-15-19-29(20-16-27)32-11-7-8-12-33(32)35-4;1-14(2)15(3)21-13-16-9-11-17(12-10-16)18-7-5-6-8-19(18)20-4;1-3-12-8-10-13(11-9-12)14-6-4-5-7-15(14)16-2;1-4(2)5(3)6;;1-3-2;1-2/h5-20,24-25H,22-23H2,1-3H3;5-12,14-15,21H,13H2,1-3H3;4-11H,3H2,1H3;4-5H,6H2,1-3H3;1H4;;/q;;;;;-1;/t25-;15-;;5-;;;/m11.1.../s1. The number of para-hydroxylation sites is 3. The fraction of sp³-hybridized carbons (Fsp3) is 0.288. The molecule has 12 heteroatoms. The third-order valence-electron chi connectivity index (χ3n) is 14.6. The zero-order chi connectivity index (χ0) is 62.0. The minimum atomic E-state index is 0. The molecule has 8 aromatic carbocycles. The summed E-state index contributed by atoms with van der Waals surface area (Å²) in [5, 5.41) is 13.0. The Labute approximate surface area is 564 Å². The SMILES string of the molecule is C.CC(C)[C@@H](C)N.II.I[I-]I.[C-]#[N+]c1ccccc1-c1ccc(CC)cc1.[C-]#[N+]c1ccccc1-c1ccc(CN(Cc2ccc(-c3ccccc3C#N)cc2)[C@H](C)C(C)C)cc1.[C-]#[N+]c1ccccc1-c1ccc(CN[C@H](C)C(C)C)cc1. The summed E-state index contributed by atoms with van der Waals surface area (Å²) in [4.78, 5) is 13.3. The van der Waals surface area contributed by atoms with Gasteiger partial charge >= 0.3 is 50.5 Å². The van der Waals surface area contributed by atoms with E-state index in [9.17, 15) is 5.26 Å². The molecule has 0 amide bonds. The Hall–Kier alpha value is -4.75. The van der Waals surface area contributed by atoms with Crippen molar-refractivity contribution in [3.05, 3.63) is 256 Å². The topological polar surface area (TPSA) is 78.2 Å². The van der Waals surface area contributed by atoms with Crippen LogP contribution in [0, 0.1) is 48.8 Å². The molecule has 0 aliphatic carbocycles. The van der Waals surface area contributed by atoms with Gasteiger partial charge in [-0.15, -0.1) is 0 Å². The minimum absolute atomic E-state index is 0. The molecule has 7 nitrogen and oxygen atoms in total. The van der Waals surface area contributed by atoms with E-state index >= 15 is 0 Å². The maximum Gasteiger partial charge on any atom is 0.194 e. The molecular weight excluding hydrogens is 1610 g/mol. The van der Waals surface area contributed by atoms with Gasteiger partial charge in [0.15, 0.2) is 17.1 Å². The molecule has 0 heterocycles. The molecule has 446 valence electrons. The first kappa shape index (κ1) is 76.3. The van der Waals surface area contributed by atoms with Crippen molar-refractivity contribution in [3.63, 3.8) is 0 Å². The van der Waals surface area contributed by atoms with Crippen molar-refractivity contribution in [1.82, 2.24) is 10.2 Å². The van der Waals surface area contributed by atoms with Crippen LogP contribution in [0.5, 0.6) is 0 Å². The average Bonchev–Trinajstić information content (AvgIpc) is 3.66. The van der Waals surface area contributed by atoms with Gasteiger partial charge in [-0.3, -0.25) is 4.90 Å². The van der Waals surface area contributed by atoms with E-state index in [1.807, 2.05) is 104 Å². The number of hydrogen-bond donors (Lipinski definition) is 2. The summed E-state index contributed by atoms with van der Waals surface area (Å²) in [6.07, 6.45) is 1.05. The van der Waals surface area contributed by atoms with E-state index in [0.29, 0.717) is 71.8 Å². The number of nitrogens with zero attached hydrogens (tertiary/aromatic N) is 5. The molecule has 0 radical (unpaired) electrons. The fourth-order valence-electron chi connectivity index (χ4n) is 8.33. The van der Waals surface area contributed by atoms with Crippen molar-refractivity contribution in [2.75, 3.05) is 0 Å². The minimum Gasteiger partial charge on any atom is -0.310 e. The van der Waals surface area contributed by atoms with E-state index in [0.717, 1.165) is 70.6 Å². The van der Waals surface area contributed by atoms with Gasteiger partial charge in [-0.25, -0.2) is 14.5 Å². The predicted molar refractivity (Wildman–Crippen MR) is 396 cm³/mol. The van der Waals surface area contributed by atoms with Gasteiger partial charge in [0.05, 0.1) is 31.3 Å². The summed E-state index contributed by atoms with van der Waals surface area (Å²) in [6, 6.07) is 68.6. The first-order valence-electron chi connectivity index (χ1n) is 28.0. The molecule has 3 N–H and O–H groups in total. The molecule has 0 saturated heterocycles. The Morgan fingerprint density at radius 3 is 1.09 bits per heavy atom. The van der Waals surface area contributed by atoms with Gasteiger partial charge in [0.2, 0.25) is 0 Å². The predicted octanol–water partition coefficient (Wildman–Crippen LogP) is 20.2. The molecule has 3 atom stereocenters. The van der Waals surface area contributed by atoms with Crippen molar-refractivity contribution in [2.24, 2.45) is 23.5 Å². The molecule has 0 aromatic heterocycles. The van der Waals surface area contributed by atoms with Crippen LogP contribution in [0.4, 0.5) is 17.1 Å². The van der Waals surface area contributed by atoms with E-state index in [2.05, 4.69) is 265 Å². The van der Waals surface area contributed by atoms with E-state index in [1.54, 1.807) is 0 Å². The second kappa shape index (κ2) is 43.0. The molecule has 85 heavy (non-hydrogen) atoms. The van der Waals surface area contributed by atoms with Gasteiger partial charge in [-0.1, -0.05) is 244 Å². The molecule has 0 aliphatic rings. The number of benzene rings is 8. The Balaban J connectivity index is 0.000000426. The summed E-state index contributed by atoms with van der Waals surface area (Å²) in [7, 11) is 0. The van der Waals surface area contributed by atoms with Gasteiger partial charge in [0.1, 0.15) is 0 Å². The van der Waals surface area contributed by atoms with Gasteiger partial charge in [-0.2, -0.15) is 5.26 Å². The summed E-state index contributed by atoms with van der Waals surface area (Å²) in [5.41, 5.74) is 21.6. The molecule has 0 bridgehead atoms.